The third-order valence-corrected chi connectivity index (χ3v) is 8.96. The van der Waals surface area contributed by atoms with Gasteiger partial charge in [0.15, 0.2) is 15.5 Å². The SMILES string of the molecule is CCS(=O)(=O)CCN(C(=O)Cc1ccc(F)c(C(F)(F)F)c1)C(C)c1nc2nc(OC(C)C)ccc2c(=O)n1-c1ccc(C#N)cc1. The van der Waals surface area contributed by atoms with Gasteiger partial charge >= 0.3 is 6.18 Å². The number of halogens is 4. The molecule has 0 aliphatic heterocycles. The molecule has 0 bridgehead atoms. The largest absolute Gasteiger partial charge is 0.475 e. The maximum absolute atomic E-state index is 14.0. The molecular weight excluding hydrogens is 642 g/mol. The number of amides is 1. The molecule has 47 heavy (non-hydrogen) atoms. The molecule has 1 amide bonds. The van der Waals surface area contributed by atoms with Crippen molar-refractivity contribution in [1.29, 1.82) is 5.26 Å². The van der Waals surface area contributed by atoms with Crippen LogP contribution in [0.1, 0.15) is 56.3 Å². The van der Waals surface area contributed by atoms with E-state index in [1.165, 1.54) is 54.8 Å². The Kier molecular flexibility index (Phi) is 10.3. The van der Waals surface area contributed by atoms with Gasteiger partial charge in [0.05, 0.1) is 52.6 Å². The number of fused-ring (bicyclic) bond motifs is 1. The first-order valence-electron chi connectivity index (χ1n) is 14.5. The topological polar surface area (TPSA) is 135 Å². The van der Waals surface area contributed by atoms with E-state index in [2.05, 4.69) is 9.97 Å². The Morgan fingerprint density at radius 3 is 2.34 bits per heavy atom. The van der Waals surface area contributed by atoms with Gasteiger partial charge in [-0.25, -0.2) is 17.8 Å². The van der Waals surface area contributed by atoms with Crippen LogP contribution in [0.25, 0.3) is 16.7 Å². The first kappa shape index (κ1) is 35.0. The molecule has 15 heteroatoms. The number of ether oxygens (including phenoxy) is 1. The minimum Gasteiger partial charge on any atom is -0.475 e. The van der Waals surface area contributed by atoms with Gasteiger partial charge < -0.3 is 9.64 Å². The summed E-state index contributed by atoms with van der Waals surface area (Å²) in [6, 6.07) is 11.9. The molecule has 2 aromatic heterocycles. The molecule has 1 unspecified atom stereocenters. The highest BCUT2D eigenvalue weighted by Gasteiger charge is 2.35. The van der Waals surface area contributed by atoms with Gasteiger partial charge in [-0.2, -0.15) is 23.4 Å². The lowest BCUT2D eigenvalue weighted by Crippen LogP contribution is -2.41. The van der Waals surface area contributed by atoms with Crippen LogP contribution in [0.4, 0.5) is 17.6 Å². The highest BCUT2D eigenvalue weighted by molar-refractivity contribution is 7.91. The zero-order valence-corrected chi connectivity index (χ0v) is 26.7. The molecule has 0 fully saturated rings. The van der Waals surface area contributed by atoms with Crippen LogP contribution in [0, 0.1) is 17.1 Å². The van der Waals surface area contributed by atoms with Crippen LogP contribution in [0.3, 0.4) is 0 Å². The van der Waals surface area contributed by atoms with Crippen molar-refractivity contribution in [2.45, 2.75) is 52.4 Å². The van der Waals surface area contributed by atoms with E-state index in [0.717, 1.165) is 11.0 Å². The summed E-state index contributed by atoms with van der Waals surface area (Å²) in [6.07, 6.45) is -5.91. The van der Waals surface area contributed by atoms with Gasteiger partial charge in [-0.1, -0.05) is 13.0 Å². The van der Waals surface area contributed by atoms with Crippen molar-refractivity contribution in [1.82, 2.24) is 19.4 Å². The van der Waals surface area contributed by atoms with E-state index in [4.69, 9.17) is 4.74 Å². The van der Waals surface area contributed by atoms with Crippen LogP contribution >= 0.6 is 0 Å². The molecule has 0 aliphatic carbocycles. The summed E-state index contributed by atoms with van der Waals surface area (Å²) in [5.41, 5.74) is -1.75. The van der Waals surface area contributed by atoms with Gasteiger partial charge in [-0.05, 0) is 68.8 Å². The summed E-state index contributed by atoms with van der Waals surface area (Å²) >= 11 is 0. The van der Waals surface area contributed by atoms with E-state index in [1.807, 2.05) is 6.07 Å². The minimum absolute atomic E-state index is 0.0261. The number of carbonyl (C=O) groups excluding carboxylic acids is 1. The lowest BCUT2D eigenvalue weighted by molar-refractivity contribution is -0.140. The predicted molar refractivity (Wildman–Crippen MR) is 165 cm³/mol. The van der Waals surface area contributed by atoms with Crippen LogP contribution in [0.15, 0.2) is 59.4 Å². The fourth-order valence-electron chi connectivity index (χ4n) is 4.82. The normalized spacial score (nSPS) is 12.6. The van der Waals surface area contributed by atoms with E-state index < -0.39 is 63.6 Å². The maximum atomic E-state index is 14.0. The second-order valence-corrected chi connectivity index (χ2v) is 13.4. The zero-order chi connectivity index (χ0) is 34.7. The van der Waals surface area contributed by atoms with Crippen LogP contribution in [0.2, 0.25) is 0 Å². The predicted octanol–water partition coefficient (Wildman–Crippen LogP) is 5.16. The van der Waals surface area contributed by atoms with E-state index in [1.54, 1.807) is 13.8 Å². The van der Waals surface area contributed by atoms with Gasteiger partial charge in [-0.3, -0.25) is 14.2 Å². The summed E-state index contributed by atoms with van der Waals surface area (Å²) in [7, 11) is -3.64. The molecule has 0 saturated carbocycles. The van der Waals surface area contributed by atoms with Crippen molar-refractivity contribution < 1.29 is 35.5 Å². The molecule has 0 radical (unpaired) electrons. The number of nitriles is 1. The first-order valence-corrected chi connectivity index (χ1v) is 16.3. The fourth-order valence-corrected chi connectivity index (χ4v) is 5.58. The average molecular weight is 674 g/mol. The lowest BCUT2D eigenvalue weighted by atomic mass is 10.1. The molecule has 248 valence electrons. The number of hydrogen-bond acceptors (Lipinski definition) is 8. The van der Waals surface area contributed by atoms with Gasteiger partial charge in [0.2, 0.25) is 11.8 Å². The Bertz CT molecular complexity index is 2010. The van der Waals surface area contributed by atoms with Crippen molar-refractivity contribution >= 4 is 26.8 Å². The molecule has 1 atom stereocenters. The van der Waals surface area contributed by atoms with Crippen LogP contribution in [-0.4, -0.2) is 57.9 Å². The number of alkyl halides is 3. The third-order valence-electron chi connectivity index (χ3n) is 7.28. The number of sulfone groups is 1. The number of nitrogens with zero attached hydrogens (tertiary/aromatic N) is 5. The minimum atomic E-state index is -5.01. The fraction of sp³-hybridized carbons (Fsp3) is 0.344. The number of hydrogen-bond donors (Lipinski definition) is 0. The smallest absolute Gasteiger partial charge is 0.419 e. The van der Waals surface area contributed by atoms with Crippen LogP contribution < -0.4 is 10.3 Å². The highest BCUT2D eigenvalue weighted by Crippen LogP contribution is 2.32. The van der Waals surface area contributed by atoms with Crippen LogP contribution in [0.5, 0.6) is 5.88 Å². The third kappa shape index (κ3) is 8.12. The zero-order valence-electron chi connectivity index (χ0n) is 25.9. The molecular formula is C32H31F4N5O5S. The Balaban J connectivity index is 1.89. The summed E-state index contributed by atoms with van der Waals surface area (Å²) in [6.45, 7) is 6.09. The van der Waals surface area contributed by atoms with Crippen molar-refractivity contribution in [3.8, 4) is 17.6 Å². The molecule has 10 nitrogen and oxygen atoms in total. The molecule has 4 rings (SSSR count). The molecule has 0 spiro atoms. The van der Waals surface area contributed by atoms with Crippen molar-refractivity contribution in [2.75, 3.05) is 18.1 Å². The molecule has 4 aromatic rings. The molecule has 0 saturated heterocycles. The van der Waals surface area contributed by atoms with Gasteiger partial charge in [0.1, 0.15) is 11.6 Å². The number of carbonyl (C=O) groups is 1. The van der Waals surface area contributed by atoms with Crippen molar-refractivity contribution in [2.24, 2.45) is 0 Å². The van der Waals surface area contributed by atoms with Crippen molar-refractivity contribution in [3.05, 3.63) is 93.3 Å². The lowest BCUT2D eigenvalue weighted by Gasteiger charge is -2.30. The van der Waals surface area contributed by atoms with Crippen LogP contribution in [-0.2, 0) is 27.2 Å². The number of benzene rings is 2. The highest BCUT2D eigenvalue weighted by atomic mass is 32.2. The Morgan fingerprint density at radius 2 is 1.74 bits per heavy atom. The second-order valence-electron chi connectivity index (χ2n) is 10.9. The van der Waals surface area contributed by atoms with Gasteiger partial charge in [0, 0.05) is 18.4 Å². The van der Waals surface area contributed by atoms with E-state index in [9.17, 15) is 40.8 Å². The van der Waals surface area contributed by atoms with Gasteiger partial charge in [-0.15, -0.1) is 0 Å². The number of pyridine rings is 1. The maximum Gasteiger partial charge on any atom is 0.419 e. The summed E-state index contributed by atoms with van der Waals surface area (Å²) < 4.78 is 86.1. The first-order chi connectivity index (χ1) is 22.0. The summed E-state index contributed by atoms with van der Waals surface area (Å²) in [5.74, 6) is -2.90. The summed E-state index contributed by atoms with van der Waals surface area (Å²) in [5, 5.41) is 9.37. The second kappa shape index (κ2) is 13.9. The Morgan fingerprint density at radius 1 is 1.06 bits per heavy atom. The van der Waals surface area contributed by atoms with Crippen molar-refractivity contribution in [3.63, 3.8) is 0 Å². The molecule has 2 aromatic carbocycles. The molecule has 0 aliphatic rings. The van der Waals surface area contributed by atoms with Gasteiger partial charge in [0.25, 0.3) is 5.56 Å². The molecule has 0 N–H and O–H groups in total. The summed E-state index contributed by atoms with van der Waals surface area (Å²) in [4.78, 5) is 37.9. The number of rotatable bonds is 11. The molecule has 2 heterocycles. The quantitative estimate of drug-likeness (QED) is 0.199. The van der Waals surface area contributed by atoms with E-state index in [0.29, 0.717) is 17.7 Å². The Hall–Kier alpha value is -4.84. The monoisotopic (exact) mass is 673 g/mol. The van der Waals surface area contributed by atoms with E-state index in [-0.39, 0.29) is 45.8 Å². The Labute approximate surface area is 268 Å². The average Bonchev–Trinajstić information content (AvgIpc) is 3.01. The van der Waals surface area contributed by atoms with E-state index >= 15 is 0 Å². The standard InChI is InChI=1S/C32H31F4N5O5S/c1-5-47(44,45)15-14-40(28(42)17-22-8-12-26(33)25(16-22)32(34,35)36)20(4)30-39-29-24(11-13-27(38-29)46-19(2)3)31(43)41(30)23-9-6-21(18-37)7-10-23/h6-13,16,19-20H,5,14-15,17H2,1-4H3. The number of aromatic nitrogens is 3.